The highest BCUT2D eigenvalue weighted by Gasteiger charge is 2.17. The highest BCUT2D eigenvalue weighted by Crippen LogP contribution is 2.21. The summed E-state index contributed by atoms with van der Waals surface area (Å²) in [6, 6.07) is 3.24. The number of hydrogen-bond acceptors (Lipinski definition) is 4. The van der Waals surface area contributed by atoms with E-state index in [0.29, 0.717) is 5.56 Å². The number of carboxylic acids is 1. The summed E-state index contributed by atoms with van der Waals surface area (Å²) in [6.45, 7) is 3.58. The van der Waals surface area contributed by atoms with E-state index in [1.807, 2.05) is 0 Å². The third kappa shape index (κ3) is 2.03. The molecule has 0 unspecified atom stereocenters. The Kier molecular flexibility index (Phi) is 2.91. The summed E-state index contributed by atoms with van der Waals surface area (Å²) in [5.41, 5.74) is 0.805. The minimum atomic E-state index is -1.07. The van der Waals surface area contributed by atoms with Gasteiger partial charge in [-0.2, -0.15) is 0 Å². The van der Waals surface area contributed by atoms with E-state index in [0.717, 1.165) is 0 Å². The summed E-state index contributed by atoms with van der Waals surface area (Å²) in [4.78, 5) is 23.2. The monoisotopic (exact) mass is 227 g/mol. The molecule has 17 heavy (non-hydrogen) atoms. The molecule has 0 saturated carbocycles. The van der Waals surface area contributed by atoms with E-state index in [1.165, 1.54) is 24.7 Å². The van der Waals surface area contributed by atoms with E-state index >= 15 is 0 Å². The molecule has 0 radical (unpaired) electrons. The number of rotatable bonds is 3. The number of hydrogen-bond donors (Lipinski definition) is 1. The summed E-state index contributed by atoms with van der Waals surface area (Å²) in [5.74, 6) is -0.788. The van der Waals surface area contributed by atoms with E-state index in [4.69, 9.17) is 0 Å². The Morgan fingerprint density at radius 2 is 1.94 bits per heavy atom. The average Bonchev–Trinajstić information content (AvgIpc) is 2.38. The van der Waals surface area contributed by atoms with Gasteiger partial charge in [-0.15, -0.1) is 0 Å². The zero-order valence-electron chi connectivity index (χ0n) is 8.87. The maximum absolute atomic E-state index is 11.2. The van der Waals surface area contributed by atoms with Gasteiger partial charge in [-0.1, -0.05) is 12.7 Å². The number of carbonyl (C=O) groups is 1. The summed E-state index contributed by atoms with van der Waals surface area (Å²) in [7, 11) is 0. The van der Waals surface area contributed by atoms with E-state index in [9.17, 15) is 9.90 Å². The Hall–Kier alpha value is -2.56. The molecule has 84 valence electrons. The summed E-state index contributed by atoms with van der Waals surface area (Å²) < 4.78 is 0. The first kappa shape index (κ1) is 10.9. The van der Waals surface area contributed by atoms with E-state index in [1.54, 1.807) is 12.1 Å². The van der Waals surface area contributed by atoms with Gasteiger partial charge in [-0.25, -0.2) is 14.8 Å². The second kappa shape index (κ2) is 4.52. The van der Waals surface area contributed by atoms with Gasteiger partial charge in [-0.05, 0) is 17.7 Å². The SMILES string of the molecule is C=Cc1ccnc(-c2ncccn2)c1C(=O)O. The third-order valence-electron chi connectivity index (χ3n) is 2.19. The van der Waals surface area contributed by atoms with Gasteiger partial charge < -0.3 is 5.11 Å². The van der Waals surface area contributed by atoms with Crippen LogP contribution in [0.2, 0.25) is 0 Å². The van der Waals surface area contributed by atoms with Gasteiger partial charge in [0.1, 0.15) is 5.69 Å². The van der Waals surface area contributed by atoms with Gasteiger partial charge >= 0.3 is 5.97 Å². The van der Waals surface area contributed by atoms with Crippen molar-refractivity contribution in [2.75, 3.05) is 0 Å². The summed E-state index contributed by atoms with van der Waals surface area (Å²) in [6.07, 6.45) is 6.05. The smallest absolute Gasteiger partial charge is 0.338 e. The Bertz CT molecular complexity index is 567. The zero-order chi connectivity index (χ0) is 12.3. The van der Waals surface area contributed by atoms with Gasteiger partial charge in [-0.3, -0.25) is 4.98 Å². The van der Waals surface area contributed by atoms with Gasteiger partial charge in [0, 0.05) is 18.6 Å². The minimum absolute atomic E-state index is 0.0636. The summed E-state index contributed by atoms with van der Waals surface area (Å²) in [5, 5.41) is 9.20. The molecule has 0 spiro atoms. The molecule has 5 nitrogen and oxygen atoms in total. The number of aromatic nitrogens is 3. The molecule has 0 saturated heterocycles. The van der Waals surface area contributed by atoms with Crippen molar-refractivity contribution in [3.05, 3.63) is 48.4 Å². The molecule has 5 heteroatoms. The molecule has 0 atom stereocenters. The molecule has 0 fully saturated rings. The molecule has 2 aromatic heterocycles. The Morgan fingerprint density at radius 1 is 1.24 bits per heavy atom. The molecule has 0 aliphatic rings. The molecule has 2 rings (SSSR count). The molecule has 0 aliphatic heterocycles. The van der Waals surface area contributed by atoms with Gasteiger partial charge in [0.15, 0.2) is 5.82 Å². The normalized spacial score (nSPS) is 9.88. The average molecular weight is 227 g/mol. The summed E-state index contributed by atoms with van der Waals surface area (Å²) >= 11 is 0. The minimum Gasteiger partial charge on any atom is -0.478 e. The predicted octanol–water partition coefficient (Wildman–Crippen LogP) is 1.88. The van der Waals surface area contributed by atoms with Crippen molar-refractivity contribution in [3.63, 3.8) is 0 Å². The molecule has 0 amide bonds. The van der Waals surface area contributed by atoms with Crippen LogP contribution in [0.25, 0.3) is 17.6 Å². The lowest BCUT2D eigenvalue weighted by molar-refractivity contribution is 0.0697. The lowest BCUT2D eigenvalue weighted by Crippen LogP contribution is -2.06. The fourth-order valence-electron chi connectivity index (χ4n) is 1.46. The van der Waals surface area contributed by atoms with Gasteiger partial charge in [0.25, 0.3) is 0 Å². The van der Waals surface area contributed by atoms with Crippen LogP contribution in [0.3, 0.4) is 0 Å². The van der Waals surface area contributed by atoms with Crippen LogP contribution in [0.15, 0.2) is 37.3 Å². The molecule has 0 aliphatic carbocycles. The number of carboxylic acid groups (broad SMARTS) is 1. The zero-order valence-corrected chi connectivity index (χ0v) is 8.87. The molecular formula is C12H9N3O2. The van der Waals surface area contributed by atoms with Crippen molar-refractivity contribution in [2.45, 2.75) is 0 Å². The van der Waals surface area contributed by atoms with Gasteiger partial charge in [0.2, 0.25) is 0 Å². The highest BCUT2D eigenvalue weighted by molar-refractivity contribution is 5.97. The van der Waals surface area contributed by atoms with Crippen LogP contribution in [-0.4, -0.2) is 26.0 Å². The van der Waals surface area contributed by atoms with Crippen LogP contribution in [0.5, 0.6) is 0 Å². The van der Waals surface area contributed by atoms with E-state index in [-0.39, 0.29) is 17.1 Å². The maximum atomic E-state index is 11.2. The second-order valence-corrected chi connectivity index (χ2v) is 3.21. The molecule has 2 heterocycles. The largest absolute Gasteiger partial charge is 0.478 e. The van der Waals surface area contributed by atoms with Gasteiger partial charge in [0.05, 0.1) is 5.56 Å². The van der Waals surface area contributed by atoms with Crippen molar-refractivity contribution < 1.29 is 9.90 Å². The number of pyridine rings is 1. The van der Waals surface area contributed by atoms with E-state index < -0.39 is 5.97 Å². The molecule has 0 aromatic carbocycles. The first-order valence-electron chi connectivity index (χ1n) is 4.86. The number of nitrogens with zero attached hydrogens (tertiary/aromatic N) is 3. The van der Waals surface area contributed by atoms with Crippen LogP contribution >= 0.6 is 0 Å². The van der Waals surface area contributed by atoms with Crippen molar-refractivity contribution >= 4 is 12.0 Å². The first-order chi connectivity index (χ1) is 8.24. The standard InChI is InChI=1S/C12H9N3O2/c1-2-8-4-7-13-10(9(8)12(16)17)11-14-5-3-6-15-11/h2-7H,1H2,(H,16,17). The van der Waals surface area contributed by atoms with Crippen molar-refractivity contribution in [3.8, 4) is 11.5 Å². The van der Waals surface area contributed by atoms with Crippen LogP contribution in [0.1, 0.15) is 15.9 Å². The number of aromatic carboxylic acids is 1. The highest BCUT2D eigenvalue weighted by atomic mass is 16.4. The second-order valence-electron chi connectivity index (χ2n) is 3.21. The Balaban J connectivity index is 2.70. The topological polar surface area (TPSA) is 76.0 Å². The predicted molar refractivity (Wildman–Crippen MR) is 62.3 cm³/mol. The van der Waals surface area contributed by atoms with Crippen molar-refractivity contribution in [1.29, 1.82) is 0 Å². The maximum Gasteiger partial charge on any atom is 0.338 e. The Labute approximate surface area is 97.5 Å². The molecule has 1 N–H and O–H groups in total. The third-order valence-corrected chi connectivity index (χ3v) is 2.19. The van der Waals surface area contributed by atoms with Crippen LogP contribution in [0, 0.1) is 0 Å². The Morgan fingerprint density at radius 3 is 2.53 bits per heavy atom. The van der Waals surface area contributed by atoms with Crippen molar-refractivity contribution in [1.82, 2.24) is 15.0 Å². The van der Waals surface area contributed by atoms with Crippen LogP contribution < -0.4 is 0 Å². The lowest BCUT2D eigenvalue weighted by atomic mass is 10.1. The molecule has 2 aromatic rings. The fourth-order valence-corrected chi connectivity index (χ4v) is 1.46. The van der Waals surface area contributed by atoms with E-state index in [2.05, 4.69) is 21.5 Å². The lowest BCUT2D eigenvalue weighted by Gasteiger charge is -2.06. The van der Waals surface area contributed by atoms with Crippen molar-refractivity contribution in [2.24, 2.45) is 0 Å². The van der Waals surface area contributed by atoms with Crippen LogP contribution in [-0.2, 0) is 0 Å². The molecule has 0 bridgehead atoms. The fraction of sp³-hybridized carbons (Fsp3) is 0. The quantitative estimate of drug-likeness (QED) is 0.866. The first-order valence-corrected chi connectivity index (χ1v) is 4.86. The molecular weight excluding hydrogens is 218 g/mol. The van der Waals surface area contributed by atoms with Crippen LogP contribution in [0.4, 0.5) is 0 Å².